The first-order valence-corrected chi connectivity index (χ1v) is 18.3. The lowest BCUT2D eigenvalue weighted by Gasteiger charge is -2.17. The largest absolute Gasteiger partial charge is 0.469 e. The number of ketones is 1. The van der Waals surface area contributed by atoms with E-state index in [4.69, 9.17) is 9.47 Å². The fourth-order valence-corrected chi connectivity index (χ4v) is 6.70. The summed E-state index contributed by atoms with van der Waals surface area (Å²) in [6.07, 6.45) is 0.113. The molecule has 2 aromatic heterocycles. The first-order chi connectivity index (χ1) is 19.7. The van der Waals surface area contributed by atoms with Gasteiger partial charge in [-0.05, 0) is 40.9 Å². The van der Waals surface area contributed by atoms with Crippen LogP contribution in [0.1, 0.15) is 20.8 Å². The average molecular weight is 582 g/mol. The van der Waals surface area contributed by atoms with E-state index in [0.717, 1.165) is 44.2 Å². The van der Waals surface area contributed by atoms with Gasteiger partial charge in [-0.1, -0.05) is 92.4 Å². The number of aromatic nitrogens is 1. The van der Waals surface area contributed by atoms with Crippen molar-refractivity contribution >= 4 is 42.1 Å². The molecule has 0 aliphatic carbocycles. The van der Waals surface area contributed by atoms with Crippen molar-refractivity contribution in [3.63, 3.8) is 0 Å². The van der Waals surface area contributed by atoms with E-state index in [0.29, 0.717) is 23.8 Å². The van der Waals surface area contributed by atoms with E-state index in [2.05, 4.69) is 42.4 Å². The normalized spacial score (nSPS) is 11.6. The molecule has 41 heavy (non-hydrogen) atoms. The summed E-state index contributed by atoms with van der Waals surface area (Å²) in [5, 5.41) is 1.05. The zero-order chi connectivity index (χ0) is 29.0. The minimum atomic E-state index is -1.22. The highest BCUT2D eigenvalue weighted by Crippen LogP contribution is 2.35. The van der Waals surface area contributed by atoms with Gasteiger partial charge in [0.15, 0.2) is 0 Å². The summed E-state index contributed by atoms with van der Waals surface area (Å²) in [7, 11) is 0.162. The number of nitrogens with zero attached hydrogens (tertiary/aromatic N) is 1. The number of hydrogen-bond donors (Lipinski definition) is 0. The number of rotatable bonds is 11. The van der Waals surface area contributed by atoms with Crippen molar-refractivity contribution in [1.29, 1.82) is 0 Å². The Labute approximate surface area is 246 Å². The Kier molecular flexibility index (Phi) is 8.68. The molecule has 0 saturated heterocycles. The van der Waals surface area contributed by atoms with Crippen LogP contribution in [-0.4, -0.2) is 38.1 Å². The predicted molar refractivity (Wildman–Crippen MR) is 170 cm³/mol. The topological polar surface area (TPSA) is 57.5 Å². The molecule has 0 spiro atoms. The number of carbonyl (C=O) groups excluding carboxylic acids is 2. The van der Waals surface area contributed by atoms with Crippen molar-refractivity contribution in [3.8, 4) is 21.7 Å². The Balaban J connectivity index is 1.52. The second kappa shape index (κ2) is 12.4. The Morgan fingerprint density at radius 3 is 2.20 bits per heavy atom. The van der Waals surface area contributed by atoms with E-state index in [1.165, 1.54) is 18.4 Å². The van der Waals surface area contributed by atoms with Gasteiger partial charge >= 0.3 is 5.97 Å². The second-order valence-electron chi connectivity index (χ2n) is 11.4. The van der Waals surface area contributed by atoms with Gasteiger partial charge in [-0.2, -0.15) is 0 Å². The van der Waals surface area contributed by atoms with Crippen LogP contribution in [0.15, 0.2) is 91.0 Å². The Hall–Kier alpha value is -3.78. The zero-order valence-electron chi connectivity index (χ0n) is 24.0. The SMILES string of the molecule is COC(=O)Cc1cc(C(=O)c2ccc3cc(-c4ccccc4)n(COCC[Si](C)(C)C)c3c2)sc1-c1ccccc1. The molecule has 0 amide bonds. The molecule has 0 bridgehead atoms. The molecular weight excluding hydrogens is 547 g/mol. The quantitative estimate of drug-likeness (QED) is 0.0681. The highest BCUT2D eigenvalue weighted by atomic mass is 32.1. The lowest BCUT2D eigenvalue weighted by Crippen LogP contribution is -2.22. The van der Waals surface area contributed by atoms with Crippen LogP contribution in [0, 0.1) is 0 Å². The molecule has 210 valence electrons. The lowest BCUT2D eigenvalue weighted by atomic mass is 10.0. The Morgan fingerprint density at radius 1 is 0.854 bits per heavy atom. The maximum atomic E-state index is 13.9. The minimum Gasteiger partial charge on any atom is -0.469 e. The molecule has 2 heterocycles. The first kappa shape index (κ1) is 28.7. The number of ether oxygens (including phenoxy) is 2. The average Bonchev–Trinajstić information content (AvgIpc) is 3.56. The van der Waals surface area contributed by atoms with E-state index >= 15 is 0 Å². The van der Waals surface area contributed by atoms with Crippen LogP contribution in [0.25, 0.3) is 32.6 Å². The molecule has 0 N–H and O–H groups in total. The molecule has 0 unspecified atom stereocenters. The van der Waals surface area contributed by atoms with Gasteiger partial charge in [-0.3, -0.25) is 9.59 Å². The monoisotopic (exact) mass is 581 g/mol. The summed E-state index contributed by atoms with van der Waals surface area (Å²) in [4.78, 5) is 27.5. The Morgan fingerprint density at radius 2 is 1.54 bits per heavy atom. The summed E-state index contributed by atoms with van der Waals surface area (Å²) in [5.41, 5.74) is 5.48. The Bertz CT molecular complexity index is 1670. The molecule has 5 nitrogen and oxygen atoms in total. The molecule has 0 saturated carbocycles. The van der Waals surface area contributed by atoms with Crippen molar-refractivity contribution in [3.05, 3.63) is 107 Å². The smallest absolute Gasteiger partial charge is 0.310 e. The highest BCUT2D eigenvalue weighted by molar-refractivity contribution is 7.17. The molecule has 0 atom stereocenters. The van der Waals surface area contributed by atoms with Gasteiger partial charge in [0, 0.05) is 30.5 Å². The molecule has 0 radical (unpaired) electrons. The van der Waals surface area contributed by atoms with E-state index in [-0.39, 0.29) is 18.2 Å². The third-order valence-corrected chi connectivity index (χ3v) is 10.0. The lowest BCUT2D eigenvalue weighted by molar-refractivity contribution is -0.139. The maximum absolute atomic E-state index is 13.9. The van der Waals surface area contributed by atoms with Crippen LogP contribution in [-0.2, 0) is 27.4 Å². The third kappa shape index (κ3) is 6.76. The third-order valence-electron chi connectivity index (χ3n) is 7.08. The van der Waals surface area contributed by atoms with E-state index in [1.807, 2.05) is 72.8 Å². The van der Waals surface area contributed by atoms with Crippen LogP contribution in [0.2, 0.25) is 25.7 Å². The number of fused-ring (bicyclic) bond motifs is 1. The summed E-state index contributed by atoms with van der Waals surface area (Å²) in [6.45, 7) is 8.16. The minimum absolute atomic E-state index is 0.0705. The van der Waals surface area contributed by atoms with E-state index < -0.39 is 8.07 Å². The zero-order valence-corrected chi connectivity index (χ0v) is 25.8. The number of thiophene rings is 1. The van der Waals surface area contributed by atoms with Crippen molar-refractivity contribution in [2.24, 2.45) is 0 Å². The second-order valence-corrected chi connectivity index (χ2v) is 18.0. The maximum Gasteiger partial charge on any atom is 0.310 e. The number of hydrogen-bond acceptors (Lipinski definition) is 5. The highest BCUT2D eigenvalue weighted by Gasteiger charge is 2.21. The fourth-order valence-electron chi connectivity index (χ4n) is 4.79. The van der Waals surface area contributed by atoms with Gasteiger partial charge in [0.2, 0.25) is 5.78 Å². The standard InChI is InChI=1S/C34H35NO4SSi/c1-38-32(36)22-28-21-31(40-34(28)25-13-9-6-10-14-25)33(37)27-16-15-26-19-29(24-11-7-5-8-12-24)35(30(26)20-27)23-39-17-18-41(2,3)4/h5-16,19-21H,17-18,22-23H2,1-4H3. The number of carbonyl (C=O) groups is 2. The first-order valence-electron chi connectivity index (χ1n) is 13.8. The summed E-state index contributed by atoms with van der Waals surface area (Å²) < 4.78 is 13.3. The summed E-state index contributed by atoms with van der Waals surface area (Å²) >= 11 is 1.41. The molecule has 3 aromatic carbocycles. The van der Waals surface area contributed by atoms with Crippen LogP contribution < -0.4 is 0 Å². The number of esters is 1. The van der Waals surface area contributed by atoms with E-state index in [9.17, 15) is 9.59 Å². The van der Waals surface area contributed by atoms with Crippen LogP contribution >= 0.6 is 11.3 Å². The van der Waals surface area contributed by atoms with Crippen molar-refractivity contribution in [2.45, 2.75) is 38.8 Å². The van der Waals surface area contributed by atoms with Crippen molar-refractivity contribution < 1.29 is 19.1 Å². The van der Waals surface area contributed by atoms with Crippen molar-refractivity contribution in [2.75, 3.05) is 13.7 Å². The van der Waals surface area contributed by atoms with Gasteiger partial charge in [-0.15, -0.1) is 11.3 Å². The van der Waals surface area contributed by atoms with Gasteiger partial charge < -0.3 is 14.0 Å². The molecule has 0 aliphatic rings. The van der Waals surface area contributed by atoms with Gasteiger partial charge in [0.1, 0.15) is 6.73 Å². The molecule has 7 heteroatoms. The van der Waals surface area contributed by atoms with Crippen LogP contribution in [0.5, 0.6) is 0 Å². The van der Waals surface area contributed by atoms with E-state index in [1.54, 1.807) is 0 Å². The van der Waals surface area contributed by atoms with Gasteiger partial charge in [-0.25, -0.2) is 0 Å². The molecular formula is C34H35NO4SSi. The molecule has 0 fully saturated rings. The summed E-state index contributed by atoms with van der Waals surface area (Å²) in [6, 6.07) is 31.1. The van der Waals surface area contributed by atoms with Crippen LogP contribution in [0.3, 0.4) is 0 Å². The van der Waals surface area contributed by atoms with Gasteiger partial charge in [0.05, 0.1) is 29.6 Å². The van der Waals surface area contributed by atoms with Crippen LogP contribution in [0.4, 0.5) is 0 Å². The number of benzene rings is 3. The fraction of sp³-hybridized carbons (Fsp3) is 0.235. The number of methoxy groups -OCH3 is 1. The van der Waals surface area contributed by atoms with Gasteiger partial charge in [0.25, 0.3) is 0 Å². The predicted octanol–water partition coefficient (Wildman–Crippen LogP) is 8.30. The van der Waals surface area contributed by atoms with Crippen molar-refractivity contribution in [1.82, 2.24) is 4.57 Å². The molecule has 0 aliphatic heterocycles. The summed E-state index contributed by atoms with van der Waals surface area (Å²) in [5.74, 6) is -0.403. The molecule has 5 rings (SSSR count). The molecule has 5 aromatic rings.